The molecule has 0 radical (unpaired) electrons. The van der Waals surface area contributed by atoms with Crippen LogP contribution in [-0.4, -0.2) is 31.1 Å². The zero-order chi connectivity index (χ0) is 16.9. The smallest absolute Gasteiger partial charge is 0.0446 e. The number of benzene rings is 3. The van der Waals surface area contributed by atoms with Crippen LogP contribution in [-0.2, 0) is 6.54 Å². The lowest BCUT2D eigenvalue weighted by Gasteiger charge is -2.37. The predicted octanol–water partition coefficient (Wildman–Crippen LogP) is 4.68. The van der Waals surface area contributed by atoms with Crippen molar-refractivity contribution in [2.24, 2.45) is 0 Å². The van der Waals surface area contributed by atoms with Gasteiger partial charge in [0.15, 0.2) is 0 Å². The Hall–Kier alpha value is -2.58. The van der Waals surface area contributed by atoms with Gasteiger partial charge < -0.3 is 4.90 Å². The van der Waals surface area contributed by atoms with E-state index in [0.29, 0.717) is 0 Å². The Labute approximate surface area is 150 Å². The standard InChI is InChI=1S/C23H24N2/c1-3-9-20(10-4-1)19-24-15-17-25(18-16-24)23-14-8-7-13-22(23)21-11-5-2-6-12-21/h1-14H,15-19H2. The zero-order valence-electron chi connectivity index (χ0n) is 14.5. The zero-order valence-corrected chi connectivity index (χ0v) is 14.5. The van der Waals surface area contributed by atoms with Gasteiger partial charge in [0.05, 0.1) is 0 Å². The Kier molecular flexibility index (Phi) is 4.80. The maximum atomic E-state index is 2.55. The first kappa shape index (κ1) is 15.9. The summed E-state index contributed by atoms with van der Waals surface area (Å²) in [6.45, 7) is 5.43. The molecule has 1 heterocycles. The SMILES string of the molecule is c1ccc(CN2CCN(c3ccccc3-c3ccccc3)CC2)cc1. The maximum absolute atomic E-state index is 2.55. The van der Waals surface area contributed by atoms with Crippen molar-refractivity contribution in [3.05, 3.63) is 90.5 Å². The molecule has 0 spiro atoms. The molecule has 2 nitrogen and oxygen atoms in total. The monoisotopic (exact) mass is 328 g/mol. The number of piperazine rings is 1. The molecular formula is C23H24N2. The number of hydrogen-bond acceptors (Lipinski definition) is 2. The number of hydrogen-bond donors (Lipinski definition) is 0. The van der Waals surface area contributed by atoms with Gasteiger partial charge in [0, 0.05) is 44.0 Å². The molecule has 1 saturated heterocycles. The highest BCUT2D eigenvalue weighted by molar-refractivity contribution is 5.78. The second-order valence-corrected chi connectivity index (χ2v) is 6.63. The van der Waals surface area contributed by atoms with Gasteiger partial charge in [-0.3, -0.25) is 4.90 Å². The first-order valence-corrected chi connectivity index (χ1v) is 9.06. The molecule has 1 fully saturated rings. The minimum absolute atomic E-state index is 1.05. The Bertz CT molecular complexity index is 791. The van der Waals surface area contributed by atoms with Gasteiger partial charge in [0.1, 0.15) is 0 Å². The number of para-hydroxylation sites is 1. The minimum atomic E-state index is 1.05. The van der Waals surface area contributed by atoms with Gasteiger partial charge in [-0.05, 0) is 17.2 Å². The average molecular weight is 328 g/mol. The van der Waals surface area contributed by atoms with Crippen LogP contribution in [0, 0.1) is 0 Å². The van der Waals surface area contributed by atoms with Crippen molar-refractivity contribution in [2.75, 3.05) is 31.1 Å². The van der Waals surface area contributed by atoms with Gasteiger partial charge in [-0.1, -0.05) is 78.9 Å². The summed E-state index contributed by atoms with van der Waals surface area (Å²) in [4.78, 5) is 5.08. The molecule has 2 heteroatoms. The lowest BCUT2D eigenvalue weighted by Crippen LogP contribution is -2.46. The van der Waals surface area contributed by atoms with Crippen LogP contribution in [0.5, 0.6) is 0 Å². The Balaban J connectivity index is 1.46. The van der Waals surface area contributed by atoms with Crippen LogP contribution in [0.25, 0.3) is 11.1 Å². The Morgan fingerprint density at radius 1 is 0.600 bits per heavy atom. The van der Waals surface area contributed by atoms with Crippen molar-refractivity contribution in [3.8, 4) is 11.1 Å². The van der Waals surface area contributed by atoms with E-state index in [1.165, 1.54) is 22.4 Å². The summed E-state index contributed by atoms with van der Waals surface area (Å²) < 4.78 is 0. The van der Waals surface area contributed by atoms with Gasteiger partial charge in [-0.15, -0.1) is 0 Å². The molecule has 3 aromatic rings. The molecule has 0 aromatic heterocycles. The second kappa shape index (κ2) is 7.54. The van der Waals surface area contributed by atoms with E-state index in [1.807, 2.05) is 0 Å². The third-order valence-corrected chi connectivity index (χ3v) is 4.95. The molecule has 0 unspecified atom stereocenters. The Morgan fingerprint density at radius 2 is 1.20 bits per heavy atom. The highest BCUT2D eigenvalue weighted by atomic mass is 15.3. The predicted molar refractivity (Wildman–Crippen MR) is 106 cm³/mol. The molecule has 0 amide bonds. The van der Waals surface area contributed by atoms with Crippen LogP contribution in [0.4, 0.5) is 5.69 Å². The average Bonchev–Trinajstić information content (AvgIpc) is 2.70. The lowest BCUT2D eigenvalue weighted by atomic mass is 10.0. The van der Waals surface area contributed by atoms with Gasteiger partial charge in [0.25, 0.3) is 0 Å². The molecule has 3 aromatic carbocycles. The van der Waals surface area contributed by atoms with E-state index >= 15 is 0 Å². The van der Waals surface area contributed by atoms with E-state index in [9.17, 15) is 0 Å². The quantitative estimate of drug-likeness (QED) is 0.686. The summed E-state index contributed by atoms with van der Waals surface area (Å²) in [5, 5.41) is 0. The molecule has 0 saturated carbocycles. The summed E-state index contributed by atoms with van der Waals surface area (Å²) >= 11 is 0. The third-order valence-electron chi connectivity index (χ3n) is 4.95. The maximum Gasteiger partial charge on any atom is 0.0446 e. The highest BCUT2D eigenvalue weighted by Gasteiger charge is 2.19. The van der Waals surface area contributed by atoms with Crippen LogP contribution in [0.2, 0.25) is 0 Å². The van der Waals surface area contributed by atoms with Gasteiger partial charge in [-0.2, -0.15) is 0 Å². The lowest BCUT2D eigenvalue weighted by molar-refractivity contribution is 0.250. The first-order chi connectivity index (χ1) is 12.4. The summed E-state index contributed by atoms with van der Waals surface area (Å²) in [5.41, 5.74) is 5.39. The van der Waals surface area contributed by atoms with Crippen molar-refractivity contribution >= 4 is 5.69 Å². The van der Waals surface area contributed by atoms with E-state index in [4.69, 9.17) is 0 Å². The van der Waals surface area contributed by atoms with Gasteiger partial charge >= 0.3 is 0 Å². The van der Waals surface area contributed by atoms with Crippen molar-refractivity contribution in [1.29, 1.82) is 0 Å². The van der Waals surface area contributed by atoms with E-state index < -0.39 is 0 Å². The van der Waals surface area contributed by atoms with E-state index in [2.05, 4.69) is 94.7 Å². The van der Waals surface area contributed by atoms with Crippen molar-refractivity contribution in [2.45, 2.75) is 6.54 Å². The van der Waals surface area contributed by atoms with Crippen molar-refractivity contribution in [1.82, 2.24) is 4.90 Å². The van der Waals surface area contributed by atoms with Crippen LogP contribution < -0.4 is 4.90 Å². The summed E-state index contributed by atoms with van der Waals surface area (Å²) in [5.74, 6) is 0. The second-order valence-electron chi connectivity index (χ2n) is 6.63. The van der Waals surface area contributed by atoms with E-state index in [-0.39, 0.29) is 0 Å². The molecular weight excluding hydrogens is 304 g/mol. The van der Waals surface area contributed by atoms with Crippen LogP contribution >= 0.6 is 0 Å². The first-order valence-electron chi connectivity index (χ1n) is 9.06. The Morgan fingerprint density at radius 3 is 1.92 bits per heavy atom. The number of anilines is 1. The van der Waals surface area contributed by atoms with Crippen LogP contribution in [0.15, 0.2) is 84.9 Å². The molecule has 1 aliphatic rings. The fourth-order valence-electron chi connectivity index (χ4n) is 3.60. The summed E-state index contributed by atoms with van der Waals surface area (Å²) in [6.07, 6.45) is 0. The molecule has 0 atom stereocenters. The molecule has 25 heavy (non-hydrogen) atoms. The highest BCUT2D eigenvalue weighted by Crippen LogP contribution is 2.31. The van der Waals surface area contributed by atoms with E-state index in [0.717, 1.165) is 32.7 Å². The number of rotatable bonds is 4. The third kappa shape index (κ3) is 3.75. The molecule has 0 N–H and O–H groups in total. The van der Waals surface area contributed by atoms with Crippen LogP contribution in [0.1, 0.15) is 5.56 Å². The fraction of sp³-hybridized carbons (Fsp3) is 0.217. The van der Waals surface area contributed by atoms with Crippen LogP contribution in [0.3, 0.4) is 0 Å². The largest absolute Gasteiger partial charge is 0.368 e. The summed E-state index contributed by atoms with van der Waals surface area (Å²) in [7, 11) is 0. The molecule has 1 aliphatic heterocycles. The van der Waals surface area contributed by atoms with Gasteiger partial charge in [-0.25, -0.2) is 0 Å². The van der Waals surface area contributed by atoms with Gasteiger partial charge in [0.2, 0.25) is 0 Å². The minimum Gasteiger partial charge on any atom is -0.368 e. The number of nitrogens with zero attached hydrogens (tertiary/aromatic N) is 2. The molecule has 4 rings (SSSR count). The van der Waals surface area contributed by atoms with E-state index in [1.54, 1.807) is 0 Å². The normalized spacial score (nSPS) is 15.3. The molecule has 126 valence electrons. The molecule has 0 aliphatic carbocycles. The molecule has 0 bridgehead atoms. The van der Waals surface area contributed by atoms with Crippen molar-refractivity contribution in [3.63, 3.8) is 0 Å². The van der Waals surface area contributed by atoms with Crippen molar-refractivity contribution < 1.29 is 0 Å². The fourth-order valence-corrected chi connectivity index (χ4v) is 3.60. The summed E-state index contributed by atoms with van der Waals surface area (Å²) in [6, 6.07) is 30.3. The topological polar surface area (TPSA) is 6.48 Å².